The number of nitrogens with one attached hydrogen (secondary N) is 1. The minimum absolute atomic E-state index is 0.303. The second-order valence-electron chi connectivity index (χ2n) is 6.09. The SMILES string of the molecule is CCOC(=O)N1CCN(C(=NC)NCCc2ccc(C(F)(F)F)cc2)CC1. The Labute approximate surface area is 157 Å². The zero-order chi connectivity index (χ0) is 19.9. The number of alkyl halides is 3. The Hall–Kier alpha value is -2.45. The van der Waals surface area contributed by atoms with Crippen LogP contribution in [0.15, 0.2) is 29.3 Å². The Bertz CT molecular complexity index is 639. The zero-order valence-electron chi connectivity index (χ0n) is 15.6. The Morgan fingerprint density at radius 2 is 1.74 bits per heavy atom. The Morgan fingerprint density at radius 3 is 2.26 bits per heavy atom. The van der Waals surface area contributed by atoms with Gasteiger partial charge in [0.15, 0.2) is 5.96 Å². The molecule has 1 aromatic rings. The molecule has 0 aliphatic carbocycles. The molecule has 27 heavy (non-hydrogen) atoms. The van der Waals surface area contributed by atoms with Crippen molar-refractivity contribution in [3.8, 4) is 0 Å². The first-order valence-corrected chi connectivity index (χ1v) is 8.88. The van der Waals surface area contributed by atoms with Gasteiger partial charge in [-0.05, 0) is 31.0 Å². The molecule has 1 aromatic carbocycles. The molecule has 1 saturated heterocycles. The van der Waals surface area contributed by atoms with Gasteiger partial charge >= 0.3 is 12.3 Å². The van der Waals surface area contributed by atoms with Crippen LogP contribution in [0.3, 0.4) is 0 Å². The fourth-order valence-corrected chi connectivity index (χ4v) is 2.83. The van der Waals surface area contributed by atoms with E-state index in [1.54, 1.807) is 18.9 Å². The van der Waals surface area contributed by atoms with E-state index in [1.165, 1.54) is 12.1 Å². The summed E-state index contributed by atoms with van der Waals surface area (Å²) >= 11 is 0. The average molecular weight is 386 g/mol. The van der Waals surface area contributed by atoms with Gasteiger partial charge in [0.05, 0.1) is 12.2 Å². The van der Waals surface area contributed by atoms with Crippen molar-refractivity contribution in [2.75, 3.05) is 46.4 Å². The van der Waals surface area contributed by atoms with Gasteiger partial charge in [0, 0.05) is 39.8 Å². The number of guanidine groups is 1. The molecular formula is C18H25F3N4O2. The zero-order valence-corrected chi connectivity index (χ0v) is 15.6. The molecule has 1 heterocycles. The fourth-order valence-electron chi connectivity index (χ4n) is 2.83. The van der Waals surface area contributed by atoms with Gasteiger partial charge in [0.1, 0.15) is 0 Å². The van der Waals surface area contributed by atoms with Gasteiger partial charge in [-0.2, -0.15) is 13.2 Å². The molecule has 1 amide bonds. The first-order valence-electron chi connectivity index (χ1n) is 8.88. The van der Waals surface area contributed by atoms with Crippen LogP contribution in [-0.2, 0) is 17.3 Å². The number of nitrogens with zero attached hydrogens (tertiary/aromatic N) is 3. The van der Waals surface area contributed by atoms with Crippen molar-refractivity contribution in [3.63, 3.8) is 0 Å². The normalized spacial score (nSPS) is 15.7. The van der Waals surface area contributed by atoms with Crippen molar-refractivity contribution in [2.45, 2.75) is 19.5 Å². The molecule has 9 heteroatoms. The number of carbonyl (C=O) groups is 1. The lowest BCUT2D eigenvalue weighted by Gasteiger charge is -2.35. The van der Waals surface area contributed by atoms with Crippen molar-refractivity contribution < 1.29 is 22.7 Å². The lowest BCUT2D eigenvalue weighted by atomic mass is 10.1. The predicted molar refractivity (Wildman–Crippen MR) is 96.7 cm³/mol. The van der Waals surface area contributed by atoms with E-state index >= 15 is 0 Å². The molecule has 2 rings (SSSR count). The molecule has 1 aliphatic rings. The van der Waals surface area contributed by atoms with Gasteiger partial charge in [-0.3, -0.25) is 4.99 Å². The first-order chi connectivity index (χ1) is 12.8. The highest BCUT2D eigenvalue weighted by Gasteiger charge is 2.30. The van der Waals surface area contributed by atoms with Crippen LogP contribution in [0, 0.1) is 0 Å². The summed E-state index contributed by atoms with van der Waals surface area (Å²) in [5.41, 5.74) is 0.174. The van der Waals surface area contributed by atoms with Crippen LogP contribution in [0.4, 0.5) is 18.0 Å². The number of hydrogen-bond donors (Lipinski definition) is 1. The molecule has 150 valence electrons. The van der Waals surface area contributed by atoms with Crippen molar-refractivity contribution in [2.24, 2.45) is 4.99 Å². The van der Waals surface area contributed by atoms with Crippen LogP contribution < -0.4 is 5.32 Å². The summed E-state index contributed by atoms with van der Waals surface area (Å²) in [5.74, 6) is 0.713. The molecule has 0 atom stereocenters. The van der Waals surface area contributed by atoms with Gasteiger partial charge in [0.2, 0.25) is 0 Å². The maximum Gasteiger partial charge on any atom is 0.416 e. The summed E-state index contributed by atoms with van der Waals surface area (Å²) < 4.78 is 42.7. The third kappa shape index (κ3) is 6.04. The van der Waals surface area contributed by atoms with Crippen LogP contribution in [0.2, 0.25) is 0 Å². The fraction of sp³-hybridized carbons (Fsp3) is 0.556. The lowest BCUT2D eigenvalue weighted by Crippen LogP contribution is -2.54. The van der Waals surface area contributed by atoms with Crippen LogP contribution in [0.5, 0.6) is 0 Å². The van der Waals surface area contributed by atoms with Crippen molar-refractivity contribution >= 4 is 12.1 Å². The topological polar surface area (TPSA) is 57.2 Å². The Morgan fingerprint density at radius 1 is 1.15 bits per heavy atom. The molecule has 0 aromatic heterocycles. The van der Waals surface area contributed by atoms with E-state index in [0.717, 1.165) is 17.7 Å². The maximum absolute atomic E-state index is 12.6. The number of benzene rings is 1. The molecule has 0 bridgehead atoms. The number of hydrogen-bond acceptors (Lipinski definition) is 3. The monoisotopic (exact) mass is 386 g/mol. The summed E-state index contributed by atoms with van der Waals surface area (Å²) in [6, 6.07) is 5.17. The first kappa shape index (κ1) is 20.9. The standard InChI is InChI=1S/C18H25F3N4O2/c1-3-27-17(26)25-12-10-24(11-13-25)16(22-2)23-9-8-14-4-6-15(7-5-14)18(19,20)21/h4-7H,3,8-13H2,1-2H3,(H,22,23). The summed E-state index contributed by atoms with van der Waals surface area (Å²) in [6.45, 7) is 5.06. The molecule has 0 unspecified atom stereocenters. The molecule has 0 saturated carbocycles. The molecule has 6 nitrogen and oxygen atoms in total. The van der Waals surface area contributed by atoms with E-state index in [9.17, 15) is 18.0 Å². The second-order valence-corrected chi connectivity index (χ2v) is 6.09. The summed E-state index contributed by atoms with van der Waals surface area (Å²) in [4.78, 5) is 19.7. The number of halogens is 3. The van der Waals surface area contributed by atoms with Crippen molar-refractivity contribution in [1.82, 2.24) is 15.1 Å². The van der Waals surface area contributed by atoms with Gasteiger partial charge in [-0.25, -0.2) is 4.79 Å². The van der Waals surface area contributed by atoms with E-state index in [-0.39, 0.29) is 6.09 Å². The van der Waals surface area contributed by atoms with Crippen LogP contribution >= 0.6 is 0 Å². The molecular weight excluding hydrogens is 361 g/mol. The quantitative estimate of drug-likeness (QED) is 0.638. The highest BCUT2D eigenvalue weighted by molar-refractivity contribution is 5.80. The number of ether oxygens (including phenoxy) is 1. The van der Waals surface area contributed by atoms with E-state index in [4.69, 9.17) is 4.74 Å². The third-order valence-corrected chi connectivity index (χ3v) is 4.30. The van der Waals surface area contributed by atoms with Crippen molar-refractivity contribution in [1.29, 1.82) is 0 Å². The summed E-state index contributed by atoms with van der Waals surface area (Å²) in [6.07, 6.45) is -4.04. The number of aliphatic imine (C=N–C) groups is 1. The number of carbonyl (C=O) groups excluding carboxylic acids is 1. The molecule has 1 N–H and O–H groups in total. The molecule has 0 radical (unpaired) electrons. The van der Waals surface area contributed by atoms with Crippen LogP contribution in [0.25, 0.3) is 0 Å². The lowest BCUT2D eigenvalue weighted by molar-refractivity contribution is -0.137. The number of piperazine rings is 1. The van der Waals surface area contributed by atoms with Gasteiger partial charge in [-0.1, -0.05) is 12.1 Å². The number of rotatable bonds is 4. The average Bonchev–Trinajstić information content (AvgIpc) is 2.65. The second kappa shape index (κ2) is 9.48. The minimum atomic E-state index is -4.31. The highest BCUT2D eigenvalue weighted by atomic mass is 19.4. The van der Waals surface area contributed by atoms with E-state index < -0.39 is 11.7 Å². The van der Waals surface area contributed by atoms with Crippen LogP contribution in [-0.4, -0.2) is 68.2 Å². The van der Waals surface area contributed by atoms with E-state index in [0.29, 0.717) is 51.7 Å². The van der Waals surface area contributed by atoms with E-state index in [2.05, 4.69) is 10.3 Å². The third-order valence-electron chi connectivity index (χ3n) is 4.30. The summed E-state index contributed by atoms with van der Waals surface area (Å²) in [5, 5.41) is 3.22. The van der Waals surface area contributed by atoms with Gasteiger partial charge in [-0.15, -0.1) is 0 Å². The highest BCUT2D eigenvalue weighted by Crippen LogP contribution is 2.29. The Kier molecular flexibility index (Phi) is 7.32. The summed E-state index contributed by atoms with van der Waals surface area (Å²) in [7, 11) is 1.68. The van der Waals surface area contributed by atoms with Crippen LogP contribution in [0.1, 0.15) is 18.1 Å². The maximum atomic E-state index is 12.6. The largest absolute Gasteiger partial charge is 0.450 e. The molecule has 0 spiro atoms. The Balaban J connectivity index is 1.79. The van der Waals surface area contributed by atoms with Gasteiger partial charge in [0.25, 0.3) is 0 Å². The number of amides is 1. The van der Waals surface area contributed by atoms with Gasteiger partial charge < -0.3 is 19.9 Å². The molecule has 1 aliphatic heterocycles. The van der Waals surface area contributed by atoms with Crippen molar-refractivity contribution in [3.05, 3.63) is 35.4 Å². The van der Waals surface area contributed by atoms with E-state index in [1.807, 2.05) is 4.90 Å². The minimum Gasteiger partial charge on any atom is -0.450 e. The predicted octanol–water partition coefficient (Wildman–Crippen LogP) is 2.60. The smallest absolute Gasteiger partial charge is 0.416 e. The molecule has 1 fully saturated rings.